The Bertz CT molecular complexity index is 448. The first-order valence-electron chi connectivity index (χ1n) is 6.70. The highest BCUT2D eigenvalue weighted by atomic mass is 16.5. The second-order valence-corrected chi connectivity index (χ2v) is 5.06. The van der Waals surface area contributed by atoms with Gasteiger partial charge < -0.3 is 9.47 Å². The number of rotatable bonds is 7. The van der Waals surface area contributed by atoms with Gasteiger partial charge in [-0.25, -0.2) is 0 Å². The van der Waals surface area contributed by atoms with Crippen LogP contribution in [0.1, 0.15) is 26.7 Å². The van der Waals surface area contributed by atoms with Crippen LogP contribution in [0.15, 0.2) is 24.3 Å². The van der Waals surface area contributed by atoms with E-state index in [2.05, 4.69) is 11.4 Å². The summed E-state index contributed by atoms with van der Waals surface area (Å²) in [4.78, 5) is 0. The predicted octanol–water partition coefficient (Wildman–Crippen LogP) is 2.50. The first-order valence-corrected chi connectivity index (χ1v) is 6.70. The molecule has 2 rings (SSSR count). The fourth-order valence-corrected chi connectivity index (χ4v) is 1.81. The quantitative estimate of drug-likeness (QED) is 0.818. The molecule has 19 heavy (non-hydrogen) atoms. The summed E-state index contributed by atoms with van der Waals surface area (Å²) < 4.78 is 11.1. The van der Waals surface area contributed by atoms with E-state index in [1.807, 2.05) is 38.1 Å². The van der Waals surface area contributed by atoms with Crippen LogP contribution in [0.5, 0.6) is 11.5 Å². The van der Waals surface area contributed by atoms with Gasteiger partial charge in [-0.1, -0.05) is 0 Å². The third-order valence-corrected chi connectivity index (χ3v) is 3.01. The molecule has 1 saturated carbocycles. The molecule has 0 saturated heterocycles. The van der Waals surface area contributed by atoms with Crippen molar-refractivity contribution in [2.24, 2.45) is 0 Å². The van der Waals surface area contributed by atoms with Crippen molar-refractivity contribution in [3.05, 3.63) is 24.3 Å². The van der Waals surface area contributed by atoms with E-state index in [-0.39, 0.29) is 0 Å². The van der Waals surface area contributed by atoms with Crippen LogP contribution in [0.2, 0.25) is 0 Å². The van der Waals surface area contributed by atoms with E-state index in [9.17, 15) is 5.26 Å². The molecule has 0 heterocycles. The van der Waals surface area contributed by atoms with E-state index in [1.165, 1.54) is 0 Å². The van der Waals surface area contributed by atoms with Crippen molar-refractivity contribution < 1.29 is 9.47 Å². The van der Waals surface area contributed by atoms with Crippen LogP contribution in [0, 0.1) is 11.3 Å². The maximum Gasteiger partial charge on any atom is 0.138 e. The highest BCUT2D eigenvalue weighted by molar-refractivity contribution is 5.31. The lowest BCUT2D eigenvalue weighted by atomic mass is 10.1. The van der Waals surface area contributed by atoms with E-state index in [1.54, 1.807) is 0 Å². The third kappa shape index (κ3) is 4.15. The molecule has 1 aliphatic rings. The second kappa shape index (κ2) is 5.94. The largest absolute Gasteiger partial charge is 0.494 e. The van der Waals surface area contributed by atoms with Gasteiger partial charge in [-0.15, -0.1) is 0 Å². The summed E-state index contributed by atoms with van der Waals surface area (Å²) in [7, 11) is 0. The van der Waals surface area contributed by atoms with E-state index >= 15 is 0 Å². The normalized spacial score (nSPS) is 17.3. The minimum absolute atomic E-state index is 0.341. The average Bonchev–Trinajstić information content (AvgIpc) is 3.22. The van der Waals surface area contributed by atoms with Gasteiger partial charge in [0.05, 0.1) is 12.7 Å². The first kappa shape index (κ1) is 13.7. The van der Waals surface area contributed by atoms with Crippen LogP contribution in [-0.2, 0) is 0 Å². The third-order valence-electron chi connectivity index (χ3n) is 3.01. The summed E-state index contributed by atoms with van der Waals surface area (Å²) in [6.07, 6.45) is 2.31. The Labute approximate surface area is 114 Å². The lowest BCUT2D eigenvalue weighted by Gasteiger charge is -2.23. The molecule has 4 heteroatoms. The number of nitriles is 1. The molecule has 102 valence electrons. The molecule has 1 unspecified atom stereocenters. The van der Waals surface area contributed by atoms with Crippen molar-refractivity contribution in [3.63, 3.8) is 0 Å². The molecule has 1 aromatic carbocycles. The van der Waals surface area contributed by atoms with Gasteiger partial charge in [-0.2, -0.15) is 5.26 Å². The summed E-state index contributed by atoms with van der Waals surface area (Å²) >= 11 is 0. The topological polar surface area (TPSA) is 54.3 Å². The van der Waals surface area contributed by atoms with Gasteiger partial charge >= 0.3 is 0 Å². The summed E-state index contributed by atoms with van der Waals surface area (Å²) in [6.45, 7) is 4.82. The standard InChI is InChI=1S/C15H20N2O2/c1-3-18-13-6-8-14(9-7-13)19-11-15(2,10-16)17-12-4-5-12/h6-9,12,17H,3-5,11H2,1-2H3. The van der Waals surface area contributed by atoms with Crippen LogP contribution in [-0.4, -0.2) is 24.8 Å². The summed E-state index contributed by atoms with van der Waals surface area (Å²) in [5.74, 6) is 1.58. The molecule has 1 aromatic rings. The Morgan fingerprint density at radius 1 is 1.26 bits per heavy atom. The predicted molar refractivity (Wildman–Crippen MR) is 73.3 cm³/mol. The molecular formula is C15H20N2O2. The average molecular weight is 260 g/mol. The molecule has 0 bridgehead atoms. The number of ether oxygens (including phenoxy) is 2. The van der Waals surface area contributed by atoms with Crippen molar-refractivity contribution in [3.8, 4) is 17.6 Å². The van der Waals surface area contributed by atoms with Gasteiger partial charge in [0.2, 0.25) is 0 Å². The maximum atomic E-state index is 9.24. The lowest BCUT2D eigenvalue weighted by molar-refractivity contribution is 0.232. The molecule has 1 N–H and O–H groups in total. The van der Waals surface area contributed by atoms with Crippen molar-refractivity contribution in [1.29, 1.82) is 5.26 Å². The summed E-state index contributed by atoms with van der Waals surface area (Å²) in [6, 6.07) is 10.2. The second-order valence-electron chi connectivity index (χ2n) is 5.06. The number of nitrogens with zero attached hydrogens (tertiary/aromatic N) is 1. The van der Waals surface area contributed by atoms with E-state index < -0.39 is 5.54 Å². The minimum atomic E-state index is -0.625. The van der Waals surface area contributed by atoms with Gasteiger partial charge in [0, 0.05) is 6.04 Å². The fraction of sp³-hybridized carbons (Fsp3) is 0.533. The Kier molecular flexibility index (Phi) is 4.28. The summed E-state index contributed by atoms with van der Waals surface area (Å²) in [5, 5.41) is 12.5. The Morgan fingerprint density at radius 3 is 2.32 bits per heavy atom. The molecule has 1 atom stereocenters. The van der Waals surface area contributed by atoms with Crippen LogP contribution in [0.4, 0.5) is 0 Å². The van der Waals surface area contributed by atoms with Crippen LogP contribution >= 0.6 is 0 Å². The number of hydrogen-bond donors (Lipinski definition) is 1. The molecule has 1 aliphatic carbocycles. The molecule has 0 amide bonds. The molecule has 0 spiro atoms. The Balaban J connectivity index is 1.87. The fourth-order valence-electron chi connectivity index (χ4n) is 1.81. The maximum absolute atomic E-state index is 9.24. The smallest absolute Gasteiger partial charge is 0.138 e. The monoisotopic (exact) mass is 260 g/mol. The van der Waals surface area contributed by atoms with E-state index in [4.69, 9.17) is 9.47 Å². The van der Waals surface area contributed by atoms with Crippen LogP contribution < -0.4 is 14.8 Å². The molecule has 4 nitrogen and oxygen atoms in total. The molecular weight excluding hydrogens is 240 g/mol. The Hall–Kier alpha value is -1.73. The number of hydrogen-bond acceptors (Lipinski definition) is 4. The zero-order valence-electron chi connectivity index (χ0n) is 11.5. The Morgan fingerprint density at radius 2 is 1.84 bits per heavy atom. The van der Waals surface area contributed by atoms with Gasteiger partial charge in [0.25, 0.3) is 0 Å². The van der Waals surface area contributed by atoms with Crippen LogP contribution in [0.3, 0.4) is 0 Å². The van der Waals surface area contributed by atoms with Crippen molar-refractivity contribution in [1.82, 2.24) is 5.32 Å². The van der Waals surface area contributed by atoms with Crippen LogP contribution in [0.25, 0.3) is 0 Å². The number of nitrogens with one attached hydrogen (secondary N) is 1. The highest BCUT2D eigenvalue weighted by Crippen LogP contribution is 2.23. The minimum Gasteiger partial charge on any atom is -0.494 e. The molecule has 0 aliphatic heterocycles. The van der Waals surface area contributed by atoms with Gasteiger partial charge in [0.15, 0.2) is 0 Å². The summed E-state index contributed by atoms with van der Waals surface area (Å²) in [5.41, 5.74) is -0.625. The van der Waals surface area contributed by atoms with E-state index in [0.29, 0.717) is 19.3 Å². The highest BCUT2D eigenvalue weighted by Gasteiger charge is 2.33. The lowest BCUT2D eigenvalue weighted by Crippen LogP contribution is -2.47. The molecule has 1 fully saturated rings. The first-order chi connectivity index (χ1) is 9.15. The zero-order chi connectivity index (χ0) is 13.7. The number of benzene rings is 1. The van der Waals surface area contributed by atoms with Gasteiger partial charge in [0.1, 0.15) is 23.6 Å². The van der Waals surface area contributed by atoms with Gasteiger partial charge in [-0.05, 0) is 51.0 Å². The SMILES string of the molecule is CCOc1ccc(OCC(C)(C#N)NC2CC2)cc1. The van der Waals surface area contributed by atoms with E-state index in [0.717, 1.165) is 24.3 Å². The van der Waals surface area contributed by atoms with Crippen molar-refractivity contribution in [2.75, 3.05) is 13.2 Å². The van der Waals surface area contributed by atoms with Gasteiger partial charge in [-0.3, -0.25) is 5.32 Å². The zero-order valence-corrected chi connectivity index (χ0v) is 11.5. The van der Waals surface area contributed by atoms with Crippen molar-refractivity contribution >= 4 is 0 Å². The molecule has 0 aromatic heterocycles. The van der Waals surface area contributed by atoms with Crippen molar-refractivity contribution in [2.45, 2.75) is 38.3 Å². The molecule has 0 radical (unpaired) electrons.